The van der Waals surface area contributed by atoms with Crippen molar-refractivity contribution in [3.05, 3.63) is 46.2 Å². The summed E-state index contributed by atoms with van der Waals surface area (Å²) in [5.41, 5.74) is 3.53. The summed E-state index contributed by atoms with van der Waals surface area (Å²) in [6, 6.07) is 5.62. The van der Waals surface area contributed by atoms with Crippen molar-refractivity contribution in [2.24, 2.45) is 7.05 Å². The standard InChI is InChI=1S/C14H14N4O2/c1-8-12(7-15-18(3)14(8)19)17-10-4-5-11-13(6-10)20-9(2)16-11/h4-7,17H,1-3H3. The molecule has 1 aromatic carbocycles. The van der Waals surface area contributed by atoms with Gasteiger partial charge in [-0.05, 0) is 19.1 Å². The molecule has 0 spiro atoms. The van der Waals surface area contributed by atoms with Gasteiger partial charge in [0.1, 0.15) is 5.52 Å². The monoisotopic (exact) mass is 270 g/mol. The van der Waals surface area contributed by atoms with E-state index in [0.29, 0.717) is 22.7 Å². The van der Waals surface area contributed by atoms with Crippen molar-refractivity contribution in [3.63, 3.8) is 0 Å². The van der Waals surface area contributed by atoms with E-state index in [0.717, 1.165) is 11.2 Å². The summed E-state index contributed by atoms with van der Waals surface area (Å²) in [4.78, 5) is 16.1. The number of oxazole rings is 1. The normalized spacial score (nSPS) is 10.9. The highest BCUT2D eigenvalue weighted by molar-refractivity contribution is 5.79. The van der Waals surface area contributed by atoms with Crippen molar-refractivity contribution in [1.29, 1.82) is 0 Å². The van der Waals surface area contributed by atoms with Crippen LogP contribution in [0.25, 0.3) is 11.1 Å². The summed E-state index contributed by atoms with van der Waals surface area (Å²) < 4.78 is 6.80. The largest absolute Gasteiger partial charge is 0.441 e. The van der Waals surface area contributed by atoms with Crippen molar-refractivity contribution < 1.29 is 4.42 Å². The van der Waals surface area contributed by atoms with Gasteiger partial charge in [-0.3, -0.25) is 4.79 Å². The first-order valence-corrected chi connectivity index (χ1v) is 6.22. The number of hydrogen-bond acceptors (Lipinski definition) is 5. The van der Waals surface area contributed by atoms with Crippen LogP contribution in [-0.4, -0.2) is 14.8 Å². The van der Waals surface area contributed by atoms with Crippen LogP contribution in [0.15, 0.2) is 33.6 Å². The van der Waals surface area contributed by atoms with Gasteiger partial charge in [0.25, 0.3) is 5.56 Å². The van der Waals surface area contributed by atoms with E-state index >= 15 is 0 Å². The number of benzene rings is 1. The van der Waals surface area contributed by atoms with Crippen molar-refractivity contribution in [3.8, 4) is 0 Å². The lowest BCUT2D eigenvalue weighted by atomic mass is 10.2. The Morgan fingerprint density at radius 2 is 2.10 bits per heavy atom. The molecule has 3 aromatic rings. The topological polar surface area (TPSA) is 73.0 Å². The zero-order chi connectivity index (χ0) is 14.3. The van der Waals surface area contributed by atoms with E-state index in [1.165, 1.54) is 4.68 Å². The van der Waals surface area contributed by atoms with Crippen LogP contribution in [0.5, 0.6) is 0 Å². The molecule has 0 atom stereocenters. The van der Waals surface area contributed by atoms with Crippen LogP contribution in [0.2, 0.25) is 0 Å². The van der Waals surface area contributed by atoms with Crippen molar-refractivity contribution >= 4 is 22.5 Å². The maximum atomic E-state index is 11.8. The minimum atomic E-state index is -0.119. The number of nitrogens with one attached hydrogen (secondary N) is 1. The predicted molar refractivity (Wildman–Crippen MR) is 76.2 cm³/mol. The number of aromatic nitrogens is 3. The summed E-state index contributed by atoms with van der Waals surface area (Å²) in [6.07, 6.45) is 1.63. The molecule has 0 fully saturated rings. The Morgan fingerprint density at radius 3 is 2.90 bits per heavy atom. The second-order valence-electron chi connectivity index (χ2n) is 4.65. The highest BCUT2D eigenvalue weighted by Crippen LogP contribution is 2.23. The average Bonchev–Trinajstić information content (AvgIpc) is 2.79. The van der Waals surface area contributed by atoms with Crippen molar-refractivity contribution in [2.45, 2.75) is 13.8 Å². The van der Waals surface area contributed by atoms with Crippen LogP contribution >= 0.6 is 0 Å². The Kier molecular flexibility index (Phi) is 2.78. The van der Waals surface area contributed by atoms with E-state index in [1.54, 1.807) is 20.2 Å². The van der Waals surface area contributed by atoms with Crippen LogP contribution in [0.3, 0.4) is 0 Å². The van der Waals surface area contributed by atoms with Crippen LogP contribution in [0.1, 0.15) is 11.5 Å². The average molecular weight is 270 g/mol. The zero-order valence-electron chi connectivity index (χ0n) is 11.5. The van der Waals surface area contributed by atoms with Gasteiger partial charge in [-0.25, -0.2) is 9.67 Å². The predicted octanol–water partition coefficient (Wildman–Crippen LogP) is 2.28. The molecule has 0 radical (unpaired) electrons. The third-order valence-electron chi connectivity index (χ3n) is 3.15. The summed E-state index contributed by atoms with van der Waals surface area (Å²) >= 11 is 0. The Morgan fingerprint density at radius 1 is 1.30 bits per heavy atom. The third-order valence-corrected chi connectivity index (χ3v) is 3.15. The Labute approximate surface area is 115 Å². The van der Waals surface area contributed by atoms with Gasteiger partial charge in [-0.1, -0.05) is 0 Å². The molecule has 0 bridgehead atoms. The van der Waals surface area contributed by atoms with Gasteiger partial charge in [0.15, 0.2) is 11.5 Å². The number of rotatable bonds is 2. The number of nitrogens with zero attached hydrogens (tertiary/aromatic N) is 3. The summed E-state index contributed by atoms with van der Waals surface area (Å²) in [5.74, 6) is 0.628. The number of anilines is 2. The molecule has 2 aromatic heterocycles. The number of aryl methyl sites for hydroxylation is 2. The maximum absolute atomic E-state index is 11.8. The fourth-order valence-corrected chi connectivity index (χ4v) is 2.05. The molecule has 0 unspecified atom stereocenters. The lowest BCUT2D eigenvalue weighted by Crippen LogP contribution is -2.22. The molecule has 3 rings (SSSR count). The van der Waals surface area contributed by atoms with Gasteiger partial charge >= 0.3 is 0 Å². The van der Waals surface area contributed by atoms with Gasteiger partial charge in [-0.15, -0.1) is 0 Å². The molecule has 0 saturated carbocycles. The van der Waals surface area contributed by atoms with Gasteiger partial charge in [0.2, 0.25) is 0 Å². The molecule has 0 amide bonds. The fraction of sp³-hybridized carbons (Fsp3) is 0.214. The second kappa shape index (κ2) is 4.48. The molecule has 2 heterocycles. The molecule has 20 heavy (non-hydrogen) atoms. The Balaban J connectivity index is 2.00. The fourth-order valence-electron chi connectivity index (χ4n) is 2.05. The molecular weight excluding hydrogens is 256 g/mol. The highest BCUT2D eigenvalue weighted by atomic mass is 16.3. The van der Waals surface area contributed by atoms with Gasteiger partial charge in [-0.2, -0.15) is 5.10 Å². The summed E-state index contributed by atoms with van der Waals surface area (Å²) in [5, 5.41) is 7.19. The maximum Gasteiger partial charge on any atom is 0.271 e. The summed E-state index contributed by atoms with van der Waals surface area (Å²) in [6.45, 7) is 3.57. The lowest BCUT2D eigenvalue weighted by molar-refractivity contribution is 0.561. The summed E-state index contributed by atoms with van der Waals surface area (Å²) in [7, 11) is 1.63. The molecule has 0 saturated heterocycles. The lowest BCUT2D eigenvalue weighted by Gasteiger charge is -2.09. The quantitative estimate of drug-likeness (QED) is 0.773. The number of fused-ring (bicyclic) bond motifs is 1. The van der Waals surface area contributed by atoms with Crippen LogP contribution in [0, 0.1) is 13.8 Å². The molecule has 0 aliphatic rings. The molecule has 0 aliphatic heterocycles. The second-order valence-corrected chi connectivity index (χ2v) is 4.65. The zero-order valence-corrected chi connectivity index (χ0v) is 11.5. The molecule has 6 nitrogen and oxygen atoms in total. The smallest absolute Gasteiger partial charge is 0.271 e. The van der Waals surface area contributed by atoms with E-state index in [9.17, 15) is 4.79 Å². The van der Waals surface area contributed by atoms with E-state index in [-0.39, 0.29) is 5.56 Å². The minimum absolute atomic E-state index is 0.119. The van der Waals surface area contributed by atoms with E-state index in [4.69, 9.17) is 4.42 Å². The first-order valence-electron chi connectivity index (χ1n) is 6.22. The first-order chi connectivity index (χ1) is 9.54. The minimum Gasteiger partial charge on any atom is -0.441 e. The van der Waals surface area contributed by atoms with E-state index in [1.807, 2.05) is 25.1 Å². The first kappa shape index (κ1) is 12.4. The van der Waals surface area contributed by atoms with Gasteiger partial charge in [0, 0.05) is 31.3 Å². The van der Waals surface area contributed by atoms with Crippen LogP contribution in [0.4, 0.5) is 11.4 Å². The van der Waals surface area contributed by atoms with Gasteiger partial charge < -0.3 is 9.73 Å². The highest BCUT2D eigenvalue weighted by Gasteiger charge is 2.07. The Bertz CT molecular complexity index is 848. The number of hydrogen-bond donors (Lipinski definition) is 1. The van der Waals surface area contributed by atoms with E-state index in [2.05, 4.69) is 15.4 Å². The molecule has 6 heteroatoms. The van der Waals surface area contributed by atoms with Gasteiger partial charge in [0.05, 0.1) is 11.9 Å². The SMILES string of the molecule is Cc1nc2ccc(Nc3cnn(C)c(=O)c3C)cc2o1. The van der Waals surface area contributed by atoms with E-state index < -0.39 is 0 Å². The molecular formula is C14H14N4O2. The van der Waals surface area contributed by atoms with Crippen LogP contribution in [-0.2, 0) is 7.05 Å². The molecule has 1 N–H and O–H groups in total. The Hall–Kier alpha value is -2.63. The van der Waals surface area contributed by atoms with Crippen molar-refractivity contribution in [1.82, 2.24) is 14.8 Å². The van der Waals surface area contributed by atoms with Crippen molar-refractivity contribution in [2.75, 3.05) is 5.32 Å². The van der Waals surface area contributed by atoms with Crippen LogP contribution < -0.4 is 10.9 Å². The molecule has 102 valence electrons. The third kappa shape index (κ3) is 2.05. The molecule has 0 aliphatic carbocycles.